The fourth-order valence-electron chi connectivity index (χ4n) is 3.59. The number of hydrogen-bond acceptors (Lipinski definition) is 2. The molecule has 0 bridgehead atoms. The number of aromatic nitrogens is 2. The molecule has 1 fully saturated rings. The molecule has 4 rings (SSSR count). The van der Waals surface area contributed by atoms with Crippen molar-refractivity contribution >= 4 is 28.4 Å². The van der Waals surface area contributed by atoms with E-state index in [0.717, 1.165) is 53.0 Å². The van der Waals surface area contributed by atoms with Gasteiger partial charge in [-0.3, -0.25) is 9.48 Å². The zero-order valence-corrected chi connectivity index (χ0v) is 15.5. The van der Waals surface area contributed by atoms with Crippen molar-refractivity contribution in [1.29, 1.82) is 0 Å². The minimum absolute atomic E-state index is 0.129. The van der Waals surface area contributed by atoms with Crippen LogP contribution in [0, 0.1) is 0 Å². The summed E-state index contributed by atoms with van der Waals surface area (Å²) in [7, 11) is 0. The van der Waals surface area contributed by atoms with Crippen LogP contribution in [-0.4, -0.2) is 33.7 Å². The molecule has 0 atom stereocenters. The van der Waals surface area contributed by atoms with E-state index in [1.807, 2.05) is 58.2 Å². The van der Waals surface area contributed by atoms with Crippen LogP contribution in [0.1, 0.15) is 41.6 Å². The smallest absolute Gasteiger partial charge is 0.253 e. The summed E-state index contributed by atoms with van der Waals surface area (Å²) in [5.74, 6) is 0.129. The number of hydrogen-bond donors (Lipinski definition) is 0. The molecule has 0 N–H and O–H groups in total. The molecule has 0 unspecified atom stereocenters. The third kappa shape index (κ3) is 3.61. The lowest BCUT2D eigenvalue weighted by Gasteiger charge is -2.20. The summed E-state index contributed by atoms with van der Waals surface area (Å²) in [6.45, 7) is 2.35. The molecule has 2 heterocycles. The summed E-state index contributed by atoms with van der Waals surface area (Å²) >= 11 is 6.09. The molecule has 3 aromatic rings. The zero-order valence-electron chi connectivity index (χ0n) is 14.7. The first-order chi connectivity index (χ1) is 12.7. The number of likely N-dealkylation sites (tertiary alicyclic amines) is 1. The lowest BCUT2D eigenvalue weighted by Crippen LogP contribution is -2.31. The predicted molar refractivity (Wildman–Crippen MR) is 105 cm³/mol. The number of carbonyl (C=O) groups is 1. The van der Waals surface area contributed by atoms with Gasteiger partial charge in [-0.25, -0.2) is 0 Å². The van der Waals surface area contributed by atoms with Crippen LogP contribution in [0.5, 0.6) is 0 Å². The zero-order chi connectivity index (χ0) is 17.9. The first-order valence-corrected chi connectivity index (χ1v) is 9.58. The monoisotopic (exact) mass is 367 g/mol. The van der Waals surface area contributed by atoms with Crippen LogP contribution >= 0.6 is 11.6 Å². The number of halogens is 1. The summed E-state index contributed by atoms with van der Waals surface area (Å²) in [5, 5.41) is 6.26. The van der Waals surface area contributed by atoms with Crippen LogP contribution in [-0.2, 0) is 6.54 Å². The highest BCUT2D eigenvalue weighted by Gasteiger charge is 2.18. The van der Waals surface area contributed by atoms with Crippen LogP contribution in [0.25, 0.3) is 10.9 Å². The second kappa shape index (κ2) is 7.50. The first-order valence-electron chi connectivity index (χ1n) is 9.20. The van der Waals surface area contributed by atoms with E-state index in [4.69, 9.17) is 11.6 Å². The van der Waals surface area contributed by atoms with Gasteiger partial charge >= 0.3 is 0 Å². The van der Waals surface area contributed by atoms with Gasteiger partial charge in [0.2, 0.25) is 0 Å². The van der Waals surface area contributed by atoms with Crippen LogP contribution in [0.4, 0.5) is 0 Å². The molecule has 0 spiro atoms. The summed E-state index contributed by atoms with van der Waals surface area (Å²) in [6.07, 6.45) is 6.48. The Morgan fingerprint density at radius 1 is 1.04 bits per heavy atom. The van der Waals surface area contributed by atoms with Gasteiger partial charge in [0.25, 0.3) is 5.91 Å². The van der Waals surface area contributed by atoms with Gasteiger partial charge in [0, 0.05) is 29.1 Å². The van der Waals surface area contributed by atoms with E-state index in [1.54, 1.807) is 0 Å². The molecule has 5 heteroatoms. The number of amides is 1. The van der Waals surface area contributed by atoms with Crippen molar-refractivity contribution < 1.29 is 4.79 Å². The second-order valence-corrected chi connectivity index (χ2v) is 7.35. The van der Waals surface area contributed by atoms with Crippen molar-refractivity contribution in [2.45, 2.75) is 32.2 Å². The van der Waals surface area contributed by atoms with E-state index >= 15 is 0 Å². The van der Waals surface area contributed by atoms with Crippen LogP contribution in [0.15, 0.2) is 48.7 Å². The molecular weight excluding hydrogens is 346 g/mol. The topological polar surface area (TPSA) is 38.1 Å². The van der Waals surface area contributed by atoms with Gasteiger partial charge < -0.3 is 4.90 Å². The number of fused-ring (bicyclic) bond motifs is 1. The first kappa shape index (κ1) is 17.1. The standard InChI is InChI=1S/C21H22ClN3O/c22-19-7-5-6-16(12-19)15-25-20-13-17(8-9-18(20)14-23-25)21(26)24-10-3-1-2-4-11-24/h5-9,12-14H,1-4,10-11,15H2. The summed E-state index contributed by atoms with van der Waals surface area (Å²) in [4.78, 5) is 14.9. The van der Waals surface area contributed by atoms with Gasteiger partial charge in [0.05, 0.1) is 18.3 Å². The normalized spacial score (nSPS) is 15.2. The maximum Gasteiger partial charge on any atom is 0.253 e. The number of nitrogens with zero attached hydrogens (tertiary/aromatic N) is 3. The van der Waals surface area contributed by atoms with Gasteiger partial charge in [-0.2, -0.15) is 5.10 Å². The van der Waals surface area contributed by atoms with Gasteiger partial charge in [-0.05, 0) is 42.7 Å². The average Bonchev–Trinajstić information content (AvgIpc) is 2.86. The molecule has 1 amide bonds. The van der Waals surface area contributed by atoms with E-state index in [9.17, 15) is 4.79 Å². The Hall–Kier alpha value is -2.33. The van der Waals surface area contributed by atoms with Crippen LogP contribution in [0.2, 0.25) is 5.02 Å². The van der Waals surface area contributed by atoms with Gasteiger partial charge in [-0.15, -0.1) is 0 Å². The minimum atomic E-state index is 0.129. The molecule has 134 valence electrons. The van der Waals surface area contributed by atoms with E-state index in [1.165, 1.54) is 12.8 Å². The third-order valence-corrected chi connectivity index (χ3v) is 5.24. The predicted octanol–water partition coefficient (Wildman–Crippen LogP) is 4.75. The van der Waals surface area contributed by atoms with Crippen molar-refractivity contribution in [2.24, 2.45) is 0 Å². The second-order valence-electron chi connectivity index (χ2n) is 6.91. The Balaban J connectivity index is 1.62. The highest BCUT2D eigenvalue weighted by atomic mass is 35.5. The quantitative estimate of drug-likeness (QED) is 0.669. The Morgan fingerprint density at radius 3 is 2.62 bits per heavy atom. The Morgan fingerprint density at radius 2 is 1.85 bits per heavy atom. The fraction of sp³-hybridized carbons (Fsp3) is 0.333. The van der Waals surface area contributed by atoms with Crippen molar-refractivity contribution in [3.8, 4) is 0 Å². The lowest BCUT2D eigenvalue weighted by atomic mass is 10.1. The molecule has 1 aliphatic heterocycles. The molecule has 4 nitrogen and oxygen atoms in total. The van der Waals surface area contributed by atoms with Crippen LogP contribution < -0.4 is 0 Å². The van der Waals surface area contributed by atoms with Gasteiger partial charge in [0.15, 0.2) is 0 Å². The Bertz CT molecular complexity index is 926. The minimum Gasteiger partial charge on any atom is -0.339 e. The highest BCUT2D eigenvalue weighted by molar-refractivity contribution is 6.30. The Labute approximate surface area is 158 Å². The maximum absolute atomic E-state index is 12.9. The van der Waals surface area contributed by atoms with Gasteiger partial charge in [0.1, 0.15) is 0 Å². The summed E-state index contributed by atoms with van der Waals surface area (Å²) in [6, 6.07) is 13.7. The number of benzene rings is 2. The molecule has 1 aromatic heterocycles. The SMILES string of the molecule is O=C(c1ccc2cnn(Cc3cccc(Cl)c3)c2c1)N1CCCCCC1. The maximum atomic E-state index is 12.9. The van der Waals surface area contributed by atoms with E-state index in [-0.39, 0.29) is 5.91 Å². The fourth-order valence-corrected chi connectivity index (χ4v) is 3.81. The lowest BCUT2D eigenvalue weighted by molar-refractivity contribution is 0.0762. The molecule has 0 saturated carbocycles. The Kier molecular flexibility index (Phi) is 4.93. The van der Waals surface area contributed by atoms with Crippen LogP contribution in [0.3, 0.4) is 0 Å². The molecule has 26 heavy (non-hydrogen) atoms. The number of rotatable bonds is 3. The largest absolute Gasteiger partial charge is 0.339 e. The number of carbonyl (C=O) groups excluding carboxylic acids is 1. The van der Waals surface area contributed by atoms with E-state index in [2.05, 4.69) is 5.10 Å². The molecule has 1 aliphatic rings. The van der Waals surface area contributed by atoms with Crippen molar-refractivity contribution in [2.75, 3.05) is 13.1 Å². The summed E-state index contributed by atoms with van der Waals surface area (Å²) in [5.41, 5.74) is 2.81. The average molecular weight is 368 g/mol. The van der Waals surface area contributed by atoms with E-state index in [0.29, 0.717) is 6.54 Å². The third-order valence-electron chi connectivity index (χ3n) is 5.01. The van der Waals surface area contributed by atoms with Crippen molar-refractivity contribution in [3.63, 3.8) is 0 Å². The molecule has 0 aliphatic carbocycles. The molecule has 2 aromatic carbocycles. The molecular formula is C21H22ClN3O. The molecule has 1 saturated heterocycles. The highest BCUT2D eigenvalue weighted by Crippen LogP contribution is 2.20. The van der Waals surface area contributed by atoms with Crippen molar-refractivity contribution in [3.05, 3.63) is 64.8 Å². The molecule has 0 radical (unpaired) electrons. The summed E-state index contributed by atoms with van der Waals surface area (Å²) < 4.78 is 1.93. The van der Waals surface area contributed by atoms with Crippen molar-refractivity contribution in [1.82, 2.24) is 14.7 Å². The van der Waals surface area contributed by atoms with E-state index < -0.39 is 0 Å². The van der Waals surface area contributed by atoms with Gasteiger partial charge in [-0.1, -0.05) is 42.6 Å².